The summed E-state index contributed by atoms with van der Waals surface area (Å²) in [5, 5.41) is 0. The molecule has 1 aliphatic carbocycles. The van der Waals surface area contributed by atoms with Crippen molar-refractivity contribution >= 4 is 8.80 Å². The highest BCUT2D eigenvalue weighted by molar-refractivity contribution is 6.59. The van der Waals surface area contributed by atoms with E-state index in [0.29, 0.717) is 5.92 Å². The summed E-state index contributed by atoms with van der Waals surface area (Å²) in [7, 11) is -0.0991. The van der Waals surface area contributed by atoms with Crippen molar-refractivity contribution in [2.75, 3.05) is 0 Å². The van der Waals surface area contributed by atoms with Crippen LogP contribution >= 0.6 is 0 Å². The van der Waals surface area contributed by atoms with Gasteiger partial charge in [-0.05, 0) is 48.3 Å². The molecular weight excluding hydrogens is 335 g/mol. The lowest BCUT2D eigenvalue weighted by Crippen LogP contribution is -2.22. The van der Waals surface area contributed by atoms with Gasteiger partial charge in [0.2, 0.25) is 0 Å². The number of benzene rings is 1. The standard InChI is InChI=1S/C24H38FSi/c1-2-3-4-5-20-6-8-21(9-7-20)14-17-26-18-15-23(16-19-26)22-10-12-24(25)13-11-22/h10-13,20-21,23H,2-9,14-19H2,1H3. The number of unbranched alkanes of at least 4 members (excludes halogenated alkanes) is 2. The maximum Gasteiger partial charge on any atom is 0.123 e. The molecule has 1 aromatic carbocycles. The van der Waals surface area contributed by atoms with Gasteiger partial charge in [-0.2, -0.15) is 0 Å². The molecular formula is C24H38FSi. The van der Waals surface area contributed by atoms with Crippen LogP contribution in [-0.4, -0.2) is 8.80 Å². The van der Waals surface area contributed by atoms with Gasteiger partial charge in [-0.25, -0.2) is 4.39 Å². The maximum absolute atomic E-state index is 13.1. The van der Waals surface area contributed by atoms with E-state index in [1.54, 1.807) is 18.2 Å². The average Bonchev–Trinajstić information content (AvgIpc) is 2.69. The summed E-state index contributed by atoms with van der Waals surface area (Å²) in [6, 6.07) is 11.8. The normalized spacial score (nSPS) is 25.5. The fourth-order valence-corrected chi connectivity index (χ4v) is 8.32. The third-order valence-corrected chi connectivity index (χ3v) is 10.1. The molecule has 1 aromatic rings. The summed E-state index contributed by atoms with van der Waals surface area (Å²) < 4.78 is 13.1. The average molecular weight is 374 g/mol. The SMILES string of the molecule is CCCCCC1CCC(CC[Si]2CCC(c3ccc(F)cc3)CC2)CC1. The topological polar surface area (TPSA) is 0 Å². The van der Waals surface area contributed by atoms with Crippen LogP contribution in [0.4, 0.5) is 4.39 Å². The largest absolute Gasteiger partial charge is 0.207 e. The molecule has 0 nitrogen and oxygen atoms in total. The van der Waals surface area contributed by atoms with E-state index < -0.39 is 0 Å². The van der Waals surface area contributed by atoms with Gasteiger partial charge in [-0.1, -0.05) is 95.0 Å². The fraction of sp³-hybridized carbons (Fsp3) is 0.750. The molecule has 1 heterocycles. The van der Waals surface area contributed by atoms with Gasteiger partial charge in [0.15, 0.2) is 0 Å². The van der Waals surface area contributed by atoms with Crippen molar-refractivity contribution in [2.45, 2.75) is 102 Å². The summed E-state index contributed by atoms with van der Waals surface area (Å²) in [4.78, 5) is 0. The van der Waals surface area contributed by atoms with Gasteiger partial charge >= 0.3 is 0 Å². The molecule has 0 bridgehead atoms. The van der Waals surface area contributed by atoms with Crippen LogP contribution in [-0.2, 0) is 0 Å². The molecule has 26 heavy (non-hydrogen) atoms. The molecule has 2 heteroatoms. The van der Waals surface area contributed by atoms with Crippen molar-refractivity contribution in [3.05, 3.63) is 35.6 Å². The highest BCUT2D eigenvalue weighted by atomic mass is 28.3. The Bertz CT molecular complexity index is 495. The van der Waals surface area contributed by atoms with Gasteiger partial charge in [-0.3, -0.25) is 0 Å². The Morgan fingerprint density at radius 2 is 1.46 bits per heavy atom. The molecule has 1 radical (unpaired) electrons. The molecule has 145 valence electrons. The minimum atomic E-state index is -0.102. The third-order valence-electron chi connectivity index (χ3n) is 7.12. The van der Waals surface area contributed by atoms with Crippen LogP contribution in [0.5, 0.6) is 0 Å². The van der Waals surface area contributed by atoms with Gasteiger partial charge in [0.1, 0.15) is 5.82 Å². The molecule has 0 N–H and O–H groups in total. The molecule has 1 aliphatic heterocycles. The highest BCUT2D eigenvalue weighted by Crippen LogP contribution is 2.38. The van der Waals surface area contributed by atoms with E-state index in [2.05, 4.69) is 6.92 Å². The highest BCUT2D eigenvalue weighted by Gasteiger charge is 2.26. The van der Waals surface area contributed by atoms with E-state index >= 15 is 0 Å². The molecule has 2 aliphatic rings. The number of hydrogen-bond donors (Lipinski definition) is 0. The molecule has 0 unspecified atom stereocenters. The van der Waals surface area contributed by atoms with E-state index in [-0.39, 0.29) is 14.6 Å². The van der Waals surface area contributed by atoms with E-state index in [9.17, 15) is 4.39 Å². The van der Waals surface area contributed by atoms with Gasteiger partial charge in [0, 0.05) is 8.80 Å². The first kappa shape index (κ1) is 20.1. The number of halogens is 1. The van der Waals surface area contributed by atoms with E-state index in [1.165, 1.54) is 88.3 Å². The van der Waals surface area contributed by atoms with Crippen LogP contribution in [0.15, 0.2) is 24.3 Å². The zero-order chi connectivity index (χ0) is 18.2. The van der Waals surface area contributed by atoms with Crippen LogP contribution in [0.2, 0.25) is 18.1 Å². The first-order valence-electron chi connectivity index (χ1n) is 11.3. The van der Waals surface area contributed by atoms with Gasteiger partial charge in [0.25, 0.3) is 0 Å². The third kappa shape index (κ3) is 6.22. The second kappa shape index (κ2) is 10.6. The molecule has 3 rings (SSSR count). The fourth-order valence-electron chi connectivity index (χ4n) is 5.24. The summed E-state index contributed by atoms with van der Waals surface area (Å²) >= 11 is 0. The molecule has 0 amide bonds. The smallest absolute Gasteiger partial charge is 0.123 e. The number of hydrogen-bond acceptors (Lipinski definition) is 0. The van der Waals surface area contributed by atoms with E-state index in [1.807, 2.05) is 12.1 Å². The Hall–Kier alpha value is -0.633. The van der Waals surface area contributed by atoms with Crippen molar-refractivity contribution in [3.63, 3.8) is 0 Å². The second-order valence-electron chi connectivity index (χ2n) is 9.00. The van der Waals surface area contributed by atoms with Gasteiger partial charge in [-0.15, -0.1) is 0 Å². The first-order valence-corrected chi connectivity index (χ1v) is 13.5. The quantitative estimate of drug-likeness (QED) is 0.320. The van der Waals surface area contributed by atoms with Crippen molar-refractivity contribution in [1.82, 2.24) is 0 Å². The van der Waals surface area contributed by atoms with Crippen molar-refractivity contribution in [1.29, 1.82) is 0 Å². The van der Waals surface area contributed by atoms with Crippen LogP contribution < -0.4 is 0 Å². The minimum absolute atomic E-state index is 0.0991. The summed E-state index contributed by atoms with van der Waals surface area (Å²) in [5.74, 6) is 2.69. The van der Waals surface area contributed by atoms with Crippen LogP contribution in [0.1, 0.15) is 89.0 Å². The zero-order valence-corrected chi connectivity index (χ0v) is 17.8. The summed E-state index contributed by atoms with van der Waals surface area (Å²) in [5.41, 5.74) is 1.37. The van der Waals surface area contributed by atoms with E-state index in [0.717, 1.165) is 11.8 Å². The lowest BCUT2D eigenvalue weighted by atomic mass is 9.79. The Kier molecular flexibility index (Phi) is 8.23. The molecule has 0 aromatic heterocycles. The van der Waals surface area contributed by atoms with Crippen molar-refractivity contribution in [2.24, 2.45) is 11.8 Å². The first-order chi connectivity index (χ1) is 12.7. The van der Waals surface area contributed by atoms with Gasteiger partial charge in [0.05, 0.1) is 0 Å². The zero-order valence-electron chi connectivity index (χ0n) is 16.8. The van der Waals surface area contributed by atoms with Crippen molar-refractivity contribution in [3.8, 4) is 0 Å². The predicted molar refractivity (Wildman–Crippen MR) is 113 cm³/mol. The van der Waals surface area contributed by atoms with Crippen LogP contribution in [0.3, 0.4) is 0 Å². The predicted octanol–water partition coefficient (Wildman–Crippen LogP) is 7.97. The molecule has 0 spiro atoms. The monoisotopic (exact) mass is 373 g/mol. The number of rotatable bonds is 8. The van der Waals surface area contributed by atoms with E-state index in [4.69, 9.17) is 0 Å². The Morgan fingerprint density at radius 1 is 0.846 bits per heavy atom. The van der Waals surface area contributed by atoms with Crippen LogP contribution in [0.25, 0.3) is 0 Å². The van der Waals surface area contributed by atoms with Crippen molar-refractivity contribution < 1.29 is 4.39 Å². The second-order valence-corrected chi connectivity index (χ2v) is 12.0. The maximum atomic E-state index is 13.1. The Balaban J connectivity index is 1.30. The molecule has 2 fully saturated rings. The Labute approximate surface area is 162 Å². The molecule has 1 saturated heterocycles. The lowest BCUT2D eigenvalue weighted by Gasteiger charge is -2.31. The van der Waals surface area contributed by atoms with Gasteiger partial charge < -0.3 is 0 Å². The molecule has 1 saturated carbocycles. The molecule has 0 atom stereocenters. The van der Waals surface area contributed by atoms with Crippen LogP contribution in [0, 0.1) is 17.7 Å². The summed E-state index contributed by atoms with van der Waals surface area (Å²) in [6.07, 6.45) is 16.1. The Morgan fingerprint density at radius 3 is 2.08 bits per heavy atom. The lowest BCUT2D eigenvalue weighted by molar-refractivity contribution is 0.253. The summed E-state index contributed by atoms with van der Waals surface area (Å²) in [6.45, 7) is 2.31. The minimum Gasteiger partial charge on any atom is -0.207 e.